The lowest BCUT2D eigenvalue weighted by molar-refractivity contribution is 0.387. The minimum Gasteiger partial charge on any atom is -0.495 e. The Morgan fingerprint density at radius 1 is 1.67 bits per heavy atom. The van der Waals surface area contributed by atoms with E-state index in [1.54, 1.807) is 13.3 Å². The van der Waals surface area contributed by atoms with Crippen molar-refractivity contribution in [2.75, 3.05) is 18.6 Å². The van der Waals surface area contributed by atoms with Crippen LogP contribution >= 0.6 is 11.8 Å². The Balaban J connectivity index is 2.19. The van der Waals surface area contributed by atoms with Crippen LogP contribution in [0, 0.1) is 5.92 Å². The number of hydrogen-bond donors (Lipinski definition) is 1. The molecular weight excluding hydrogens is 208 g/mol. The molecule has 1 saturated heterocycles. The van der Waals surface area contributed by atoms with Gasteiger partial charge in [0.25, 0.3) is 0 Å². The summed E-state index contributed by atoms with van der Waals surface area (Å²) in [6, 6.07) is 3.80. The second-order valence-electron chi connectivity index (χ2n) is 3.74. The first kappa shape index (κ1) is 10.8. The predicted octanol–water partition coefficient (Wildman–Crippen LogP) is 1.84. The normalized spacial score (nSPS) is 22.7. The smallest absolute Gasteiger partial charge is 0.141 e. The number of nitrogens with zero attached hydrogens (tertiary/aromatic N) is 1. The van der Waals surface area contributed by atoms with Gasteiger partial charge in [0.15, 0.2) is 0 Å². The van der Waals surface area contributed by atoms with E-state index in [1.165, 1.54) is 12.2 Å². The maximum atomic E-state index is 6.22. The van der Waals surface area contributed by atoms with E-state index < -0.39 is 0 Å². The molecule has 1 aromatic rings. The van der Waals surface area contributed by atoms with E-state index >= 15 is 0 Å². The molecule has 0 aromatic carbocycles. The van der Waals surface area contributed by atoms with Gasteiger partial charge < -0.3 is 10.5 Å². The molecule has 1 fully saturated rings. The fourth-order valence-electron chi connectivity index (χ4n) is 1.88. The van der Waals surface area contributed by atoms with Gasteiger partial charge in [-0.2, -0.15) is 11.8 Å². The average Bonchev–Trinajstić information content (AvgIpc) is 2.81. The lowest BCUT2D eigenvalue weighted by atomic mass is 9.96. The van der Waals surface area contributed by atoms with Crippen LogP contribution in [0.3, 0.4) is 0 Å². The molecule has 4 heteroatoms. The van der Waals surface area contributed by atoms with E-state index in [-0.39, 0.29) is 6.04 Å². The van der Waals surface area contributed by atoms with Gasteiger partial charge in [-0.05, 0) is 36.0 Å². The van der Waals surface area contributed by atoms with Gasteiger partial charge in [-0.25, -0.2) is 0 Å². The number of ether oxygens (including phenoxy) is 1. The Bertz CT molecular complexity index is 326. The highest BCUT2D eigenvalue weighted by Gasteiger charge is 2.26. The van der Waals surface area contributed by atoms with Crippen molar-refractivity contribution in [3.05, 3.63) is 24.0 Å². The van der Waals surface area contributed by atoms with E-state index in [9.17, 15) is 0 Å². The maximum Gasteiger partial charge on any atom is 0.141 e. The fraction of sp³-hybridized carbons (Fsp3) is 0.545. The summed E-state index contributed by atoms with van der Waals surface area (Å²) >= 11 is 1.97. The first-order valence-electron chi connectivity index (χ1n) is 5.15. The van der Waals surface area contributed by atoms with Crippen molar-refractivity contribution < 1.29 is 4.74 Å². The van der Waals surface area contributed by atoms with Gasteiger partial charge >= 0.3 is 0 Å². The highest BCUT2D eigenvalue weighted by atomic mass is 32.2. The van der Waals surface area contributed by atoms with Gasteiger partial charge in [-0.15, -0.1) is 0 Å². The van der Waals surface area contributed by atoms with Crippen molar-refractivity contribution >= 4 is 11.8 Å². The number of nitrogens with two attached hydrogens (primary N) is 1. The van der Waals surface area contributed by atoms with Gasteiger partial charge in [0, 0.05) is 6.20 Å². The zero-order valence-electron chi connectivity index (χ0n) is 8.85. The van der Waals surface area contributed by atoms with Crippen LogP contribution in [-0.4, -0.2) is 23.6 Å². The molecule has 1 aliphatic heterocycles. The molecule has 0 spiro atoms. The molecule has 0 amide bonds. The van der Waals surface area contributed by atoms with Crippen molar-refractivity contribution in [3.63, 3.8) is 0 Å². The Morgan fingerprint density at radius 3 is 3.20 bits per heavy atom. The summed E-state index contributed by atoms with van der Waals surface area (Å²) < 4.78 is 5.28. The van der Waals surface area contributed by atoms with Crippen LogP contribution < -0.4 is 10.5 Å². The van der Waals surface area contributed by atoms with Gasteiger partial charge in [0.2, 0.25) is 0 Å². The molecule has 2 unspecified atom stereocenters. The molecule has 1 aliphatic rings. The lowest BCUT2D eigenvalue weighted by Crippen LogP contribution is -2.22. The Kier molecular flexibility index (Phi) is 3.49. The number of hydrogen-bond acceptors (Lipinski definition) is 4. The number of methoxy groups -OCH3 is 1. The Morgan fingerprint density at radius 2 is 2.53 bits per heavy atom. The largest absolute Gasteiger partial charge is 0.495 e. The number of thioether (sulfide) groups is 1. The maximum absolute atomic E-state index is 6.22. The molecule has 2 atom stereocenters. The molecule has 2 heterocycles. The van der Waals surface area contributed by atoms with Crippen LogP contribution in [0.1, 0.15) is 18.2 Å². The summed E-state index contributed by atoms with van der Waals surface area (Å²) in [4.78, 5) is 4.33. The van der Waals surface area contributed by atoms with Crippen molar-refractivity contribution in [1.29, 1.82) is 0 Å². The summed E-state index contributed by atoms with van der Waals surface area (Å²) in [5.41, 5.74) is 7.12. The van der Waals surface area contributed by atoms with E-state index in [0.717, 1.165) is 17.2 Å². The number of rotatable bonds is 3. The van der Waals surface area contributed by atoms with Crippen LogP contribution in [0.25, 0.3) is 0 Å². The molecule has 15 heavy (non-hydrogen) atoms. The summed E-state index contributed by atoms with van der Waals surface area (Å²) in [6.45, 7) is 0. The highest BCUT2D eigenvalue weighted by molar-refractivity contribution is 7.99. The van der Waals surface area contributed by atoms with E-state index in [1.807, 2.05) is 23.9 Å². The van der Waals surface area contributed by atoms with Gasteiger partial charge in [-0.3, -0.25) is 4.98 Å². The van der Waals surface area contributed by atoms with Crippen molar-refractivity contribution in [3.8, 4) is 5.75 Å². The van der Waals surface area contributed by atoms with Gasteiger partial charge in [-0.1, -0.05) is 0 Å². The molecule has 0 bridgehead atoms. The second-order valence-corrected chi connectivity index (χ2v) is 4.89. The number of aromatic nitrogens is 1. The third-order valence-corrected chi connectivity index (χ3v) is 4.00. The summed E-state index contributed by atoms with van der Waals surface area (Å²) in [5.74, 6) is 3.70. The monoisotopic (exact) mass is 224 g/mol. The van der Waals surface area contributed by atoms with Crippen LogP contribution in [-0.2, 0) is 0 Å². The van der Waals surface area contributed by atoms with E-state index in [0.29, 0.717) is 5.92 Å². The molecule has 2 N–H and O–H groups in total. The second kappa shape index (κ2) is 4.86. The summed E-state index contributed by atoms with van der Waals surface area (Å²) in [5, 5.41) is 0. The summed E-state index contributed by atoms with van der Waals surface area (Å²) in [7, 11) is 1.66. The molecule has 0 radical (unpaired) electrons. The zero-order valence-corrected chi connectivity index (χ0v) is 9.67. The molecule has 0 aliphatic carbocycles. The fourth-order valence-corrected chi connectivity index (χ4v) is 3.20. The van der Waals surface area contributed by atoms with E-state index in [2.05, 4.69) is 4.98 Å². The first-order valence-corrected chi connectivity index (χ1v) is 6.30. The zero-order chi connectivity index (χ0) is 10.7. The third kappa shape index (κ3) is 2.26. The topological polar surface area (TPSA) is 48.1 Å². The van der Waals surface area contributed by atoms with E-state index in [4.69, 9.17) is 10.5 Å². The molecular formula is C11H16N2OS. The Labute approximate surface area is 94.4 Å². The minimum absolute atomic E-state index is 0.0103. The predicted molar refractivity (Wildman–Crippen MR) is 63.1 cm³/mol. The third-order valence-electron chi connectivity index (χ3n) is 2.81. The average molecular weight is 224 g/mol. The highest BCUT2D eigenvalue weighted by Crippen LogP contribution is 2.34. The van der Waals surface area contributed by atoms with Crippen LogP contribution in [0.5, 0.6) is 5.75 Å². The van der Waals surface area contributed by atoms with Crippen molar-refractivity contribution in [1.82, 2.24) is 4.98 Å². The number of pyridine rings is 1. The molecule has 2 rings (SSSR count). The van der Waals surface area contributed by atoms with Crippen molar-refractivity contribution in [2.24, 2.45) is 11.7 Å². The minimum atomic E-state index is 0.0103. The van der Waals surface area contributed by atoms with Crippen LogP contribution in [0.4, 0.5) is 0 Å². The molecule has 1 aromatic heterocycles. The van der Waals surface area contributed by atoms with Gasteiger partial charge in [0.1, 0.15) is 5.75 Å². The SMILES string of the molecule is COc1cccnc1C(N)C1CCSC1. The standard InChI is InChI=1S/C11H16N2OS/c1-14-9-3-2-5-13-11(9)10(12)8-4-6-15-7-8/h2-3,5,8,10H,4,6-7,12H2,1H3. The molecule has 3 nitrogen and oxygen atoms in total. The van der Waals surface area contributed by atoms with Crippen LogP contribution in [0.2, 0.25) is 0 Å². The molecule has 0 saturated carbocycles. The van der Waals surface area contributed by atoms with Gasteiger partial charge in [0.05, 0.1) is 18.8 Å². The molecule has 82 valence electrons. The summed E-state index contributed by atoms with van der Waals surface area (Å²) in [6.07, 6.45) is 2.96. The van der Waals surface area contributed by atoms with Crippen LogP contribution in [0.15, 0.2) is 18.3 Å². The van der Waals surface area contributed by atoms with Crippen molar-refractivity contribution in [2.45, 2.75) is 12.5 Å². The Hall–Kier alpha value is -0.740. The quantitative estimate of drug-likeness (QED) is 0.851. The lowest BCUT2D eigenvalue weighted by Gasteiger charge is -2.19. The first-order chi connectivity index (χ1) is 7.33.